The van der Waals surface area contributed by atoms with Crippen LogP contribution in [0.5, 0.6) is 11.5 Å². The number of primary amides is 1. The number of nitrogens with zero attached hydrogens (tertiary/aromatic N) is 1. The first kappa shape index (κ1) is 16.6. The molecule has 2 rings (SSSR count). The fourth-order valence-electron chi connectivity index (χ4n) is 1.83. The van der Waals surface area contributed by atoms with E-state index in [-0.39, 0.29) is 10.7 Å². The molecule has 0 saturated carbocycles. The smallest absolute Gasteiger partial charge is 0.270 e. The summed E-state index contributed by atoms with van der Waals surface area (Å²) in [6.07, 6.45) is 0. The van der Waals surface area contributed by atoms with Gasteiger partial charge in [-0.05, 0) is 18.2 Å². The average Bonchev–Trinajstić information content (AvgIpc) is 2.97. The normalized spacial score (nSPS) is 10.0. The van der Waals surface area contributed by atoms with Gasteiger partial charge in [0.1, 0.15) is 5.00 Å². The van der Waals surface area contributed by atoms with Gasteiger partial charge in [-0.25, -0.2) is 4.98 Å². The molecule has 0 saturated heterocycles. The minimum Gasteiger partial charge on any atom is -0.493 e. The summed E-state index contributed by atoms with van der Waals surface area (Å²) >= 11 is 1.12. The number of methoxy groups -OCH3 is 2. The third-order valence-corrected chi connectivity index (χ3v) is 3.94. The Morgan fingerprint density at radius 3 is 2.48 bits per heavy atom. The van der Waals surface area contributed by atoms with Crippen molar-refractivity contribution in [2.24, 2.45) is 5.73 Å². The van der Waals surface area contributed by atoms with Crippen molar-refractivity contribution in [1.82, 2.24) is 4.98 Å². The first-order valence-corrected chi connectivity index (χ1v) is 7.33. The maximum Gasteiger partial charge on any atom is 0.270 e. The molecule has 2 amide bonds. The molecule has 2 aromatic rings. The molecule has 0 aliphatic rings. The molecule has 0 aliphatic carbocycles. The van der Waals surface area contributed by atoms with Gasteiger partial charge in [-0.15, -0.1) is 0 Å². The molecule has 0 spiro atoms. The van der Waals surface area contributed by atoms with Crippen molar-refractivity contribution >= 4 is 33.3 Å². The van der Waals surface area contributed by atoms with Crippen LogP contribution in [-0.4, -0.2) is 38.1 Å². The van der Waals surface area contributed by atoms with Gasteiger partial charge in [-0.1, -0.05) is 11.3 Å². The molecule has 9 heteroatoms. The van der Waals surface area contributed by atoms with E-state index >= 15 is 0 Å². The molecule has 23 heavy (non-hydrogen) atoms. The standard InChI is InChI=1S/C14H16N4O4S/c1-16-14-17-10(11(15)19)13(23-14)18-12(20)7-4-5-8(21-2)9(6-7)22-3/h4-6H,1-3H3,(H2,15,19)(H,16,17)(H,18,20). The molecule has 8 nitrogen and oxygen atoms in total. The molecule has 0 radical (unpaired) electrons. The second-order valence-corrected chi connectivity index (χ2v) is 5.33. The molecule has 0 unspecified atom stereocenters. The summed E-state index contributed by atoms with van der Waals surface area (Å²) in [7, 11) is 4.64. The average molecular weight is 336 g/mol. The van der Waals surface area contributed by atoms with Crippen molar-refractivity contribution in [3.8, 4) is 11.5 Å². The highest BCUT2D eigenvalue weighted by molar-refractivity contribution is 7.20. The molecule has 4 N–H and O–H groups in total. The Labute approximate surface area is 136 Å². The van der Waals surface area contributed by atoms with E-state index in [1.807, 2.05) is 0 Å². The number of thiazole rings is 1. The SMILES string of the molecule is CNc1nc(C(N)=O)c(NC(=O)c2ccc(OC)c(OC)c2)s1. The number of anilines is 2. The number of nitrogens with two attached hydrogens (primary N) is 1. The molecule has 1 heterocycles. The van der Waals surface area contributed by atoms with Gasteiger partial charge in [0.15, 0.2) is 22.3 Å². The van der Waals surface area contributed by atoms with Crippen LogP contribution in [-0.2, 0) is 0 Å². The molecule has 122 valence electrons. The van der Waals surface area contributed by atoms with Gasteiger partial charge >= 0.3 is 0 Å². The third kappa shape index (κ3) is 3.51. The Bertz CT molecular complexity index is 744. The van der Waals surface area contributed by atoms with E-state index in [1.54, 1.807) is 19.2 Å². The number of amides is 2. The summed E-state index contributed by atoms with van der Waals surface area (Å²) < 4.78 is 10.3. The Hall–Kier alpha value is -2.81. The highest BCUT2D eigenvalue weighted by atomic mass is 32.1. The molecule has 0 atom stereocenters. The number of carbonyl (C=O) groups excluding carboxylic acids is 2. The quantitative estimate of drug-likeness (QED) is 0.737. The van der Waals surface area contributed by atoms with E-state index in [4.69, 9.17) is 15.2 Å². The van der Waals surface area contributed by atoms with E-state index in [1.165, 1.54) is 20.3 Å². The van der Waals surface area contributed by atoms with Crippen LogP contribution in [0.15, 0.2) is 18.2 Å². The lowest BCUT2D eigenvalue weighted by Crippen LogP contribution is -2.17. The maximum absolute atomic E-state index is 12.4. The van der Waals surface area contributed by atoms with Crippen molar-refractivity contribution in [3.05, 3.63) is 29.5 Å². The molecule has 1 aromatic heterocycles. The van der Waals surface area contributed by atoms with Crippen LogP contribution < -0.4 is 25.8 Å². The fraction of sp³-hybridized carbons (Fsp3) is 0.214. The summed E-state index contributed by atoms with van der Waals surface area (Å²) in [5, 5.41) is 6.19. The van der Waals surface area contributed by atoms with Gasteiger partial charge in [0.25, 0.3) is 11.8 Å². The van der Waals surface area contributed by atoms with Gasteiger partial charge in [-0.2, -0.15) is 0 Å². The monoisotopic (exact) mass is 336 g/mol. The number of nitrogens with one attached hydrogen (secondary N) is 2. The van der Waals surface area contributed by atoms with E-state index in [2.05, 4.69) is 15.6 Å². The number of rotatable bonds is 6. The van der Waals surface area contributed by atoms with Crippen LogP contribution in [0.2, 0.25) is 0 Å². The summed E-state index contributed by atoms with van der Waals surface area (Å²) in [6.45, 7) is 0. The van der Waals surface area contributed by atoms with E-state index in [0.29, 0.717) is 22.2 Å². The van der Waals surface area contributed by atoms with Crippen LogP contribution in [0.25, 0.3) is 0 Å². The number of hydrogen-bond donors (Lipinski definition) is 3. The molecular formula is C14H16N4O4S. The highest BCUT2D eigenvalue weighted by Crippen LogP contribution is 2.30. The van der Waals surface area contributed by atoms with Gasteiger partial charge in [0.2, 0.25) is 0 Å². The van der Waals surface area contributed by atoms with Crippen LogP contribution in [0.4, 0.5) is 10.1 Å². The van der Waals surface area contributed by atoms with Gasteiger partial charge in [-0.3, -0.25) is 9.59 Å². The lowest BCUT2D eigenvalue weighted by atomic mass is 10.2. The topological polar surface area (TPSA) is 116 Å². The molecule has 0 fully saturated rings. The number of carbonyl (C=O) groups is 2. The van der Waals surface area contributed by atoms with Crippen LogP contribution in [0.3, 0.4) is 0 Å². The molecule has 0 aliphatic heterocycles. The zero-order valence-electron chi connectivity index (χ0n) is 12.8. The fourth-order valence-corrected chi connectivity index (χ4v) is 2.65. The maximum atomic E-state index is 12.4. The van der Waals surface area contributed by atoms with E-state index in [9.17, 15) is 9.59 Å². The van der Waals surface area contributed by atoms with Crippen LogP contribution in [0.1, 0.15) is 20.8 Å². The molecule has 0 bridgehead atoms. The zero-order valence-corrected chi connectivity index (χ0v) is 13.6. The van der Waals surface area contributed by atoms with Gasteiger partial charge < -0.3 is 25.8 Å². The number of benzene rings is 1. The highest BCUT2D eigenvalue weighted by Gasteiger charge is 2.19. The number of aromatic nitrogens is 1. The van der Waals surface area contributed by atoms with Crippen LogP contribution >= 0.6 is 11.3 Å². The molecular weight excluding hydrogens is 320 g/mol. The number of ether oxygens (including phenoxy) is 2. The van der Waals surface area contributed by atoms with Gasteiger partial charge in [0, 0.05) is 12.6 Å². The zero-order chi connectivity index (χ0) is 17.0. The predicted molar refractivity (Wildman–Crippen MR) is 87.7 cm³/mol. The summed E-state index contributed by atoms with van der Waals surface area (Å²) in [4.78, 5) is 27.8. The third-order valence-electron chi connectivity index (χ3n) is 2.95. The first-order valence-electron chi connectivity index (χ1n) is 6.52. The van der Waals surface area contributed by atoms with E-state index in [0.717, 1.165) is 11.3 Å². The Balaban J connectivity index is 2.29. The van der Waals surface area contributed by atoms with Crippen molar-refractivity contribution in [1.29, 1.82) is 0 Å². The second kappa shape index (κ2) is 6.97. The second-order valence-electron chi connectivity index (χ2n) is 4.33. The Kier molecular flexibility index (Phi) is 5.02. The van der Waals surface area contributed by atoms with Crippen molar-refractivity contribution in [2.45, 2.75) is 0 Å². The van der Waals surface area contributed by atoms with Crippen molar-refractivity contribution in [3.63, 3.8) is 0 Å². The first-order chi connectivity index (χ1) is 11.0. The number of hydrogen-bond acceptors (Lipinski definition) is 7. The lowest BCUT2D eigenvalue weighted by molar-refractivity contribution is 0.0997. The summed E-state index contributed by atoms with van der Waals surface area (Å²) in [5.41, 5.74) is 5.62. The summed E-state index contributed by atoms with van der Waals surface area (Å²) in [5.74, 6) is -0.197. The Morgan fingerprint density at radius 2 is 1.91 bits per heavy atom. The van der Waals surface area contributed by atoms with Crippen LogP contribution in [0, 0.1) is 0 Å². The van der Waals surface area contributed by atoms with Crippen molar-refractivity contribution in [2.75, 3.05) is 31.9 Å². The largest absolute Gasteiger partial charge is 0.493 e. The van der Waals surface area contributed by atoms with Crippen molar-refractivity contribution < 1.29 is 19.1 Å². The minimum absolute atomic E-state index is 0.00757. The Morgan fingerprint density at radius 1 is 1.22 bits per heavy atom. The van der Waals surface area contributed by atoms with E-state index < -0.39 is 11.8 Å². The van der Waals surface area contributed by atoms with Gasteiger partial charge in [0.05, 0.1) is 14.2 Å². The summed E-state index contributed by atoms with van der Waals surface area (Å²) in [6, 6.07) is 4.74. The minimum atomic E-state index is -0.717. The lowest BCUT2D eigenvalue weighted by Gasteiger charge is -2.09. The molecule has 1 aromatic carbocycles. The predicted octanol–water partition coefficient (Wildman–Crippen LogP) is 1.55.